The lowest BCUT2D eigenvalue weighted by Crippen LogP contribution is -2.35. The van der Waals surface area contributed by atoms with Crippen LogP contribution in [0.25, 0.3) is 0 Å². The predicted molar refractivity (Wildman–Crippen MR) is 106 cm³/mol. The normalized spacial score (nSPS) is 28.9. The molecule has 0 spiro atoms. The summed E-state index contributed by atoms with van der Waals surface area (Å²) in [7, 11) is 1.43. The third kappa shape index (κ3) is 2.68. The van der Waals surface area contributed by atoms with Gasteiger partial charge in [-0.25, -0.2) is 4.79 Å². The Morgan fingerprint density at radius 2 is 2.00 bits per heavy atom. The number of nitrogens with one attached hydrogen (secondary N) is 1. The van der Waals surface area contributed by atoms with Gasteiger partial charge in [-0.15, -0.1) is 0 Å². The van der Waals surface area contributed by atoms with Crippen LogP contribution in [-0.4, -0.2) is 23.1 Å². The van der Waals surface area contributed by atoms with Crippen molar-refractivity contribution < 1.29 is 19.6 Å². The standard InChI is InChI=1S/C22H22N2O5/c1-29-18-7-5-13(10-17(18)24(27)28)21-20-12-3-2-11(8-12)19(20)15-9-14(22(25)26)4-6-16(15)23-21/h4-7,9-12,19-21,23H,2-3,8H2,1H3,(H,25,26)/t11-,12-,19-,20-,21-/m0/s1. The van der Waals surface area contributed by atoms with E-state index in [4.69, 9.17) is 4.74 Å². The highest BCUT2D eigenvalue weighted by Crippen LogP contribution is 2.63. The molecule has 2 aromatic carbocycles. The van der Waals surface area contributed by atoms with Crippen LogP contribution in [0, 0.1) is 27.9 Å². The number of ether oxygens (including phenoxy) is 1. The number of carbonyl (C=O) groups is 1. The van der Waals surface area contributed by atoms with Crippen LogP contribution in [0.2, 0.25) is 0 Å². The molecule has 2 fully saturated rings. The van der Waals surface area contributed by atoms with Crippen LogP contribution in [-0.2, 0) is 0 Å². The van der Waals surface area contributed by atoms with Gasteiger partial charge in [0.15, 0.2) is 5.75 Å². The molecule has 2 aliphatic carbocycles. The van der Waals surface area contributed by atoms with E-state index in [9.17, 15) is 20.0 Å². The highest BCUT2D eigenvalue weighted by atomic mass is 16.6. The first-order chi connectivity index (χ1) is 14.0. The number of benzene rings is 2. The number of rotatable bonds is 4. The van der Waals surface area contributed by atoms with Crippen LogP contribution >= 0.6 is 0 Å². The Kier molecular flexibility index (Phi) is 4.01. The van der Waals surface area contributed by atoms with E-state index in [0.29, 0.717) is 23.3 Å². The van der Waals surface area contributed by atoms with Gasteiger partial charge in [0.25, 0.3) is 0 Å². The molecule has 5 atom stereocenters. The van der Waals surface area contributed by atoms with Gasteiger partial charge in [0.05, 0.1) is 23.6 Å². The van der Waals surface area contributed by atoms with Crippen molar-refractivity contribution in [3.8, 4) is 5.75 Å². The number of fused-ring (bicyclic) bond motifs is 7. The second kappa shape index (κ2) is 6.47. The molecule has 0 amide bonds. The molecule has 7 heteroatoms. The molecular weight excluding hydrogens is 372 g/mol. The third-order valence-electron chi connectivity index (χ3n) is 7.09. The zero-order valence-electron chi connectivity index (χ0n) is 16.0. The van der Waals surface area contributed by atoms with Gasteiger partial charge in [0.1, 0.15) is 0 Å². The van der Waals surface area contributed by atoms with Gasteiger partial charge in [-0.05, 0) is 78.3 Å². The van der Waals surface area contributed by atoms with Crippen LogP contribution < -0.4 is 10.1 Å². The van der Waals surface area contributed by atoms with Crippen LogP contribution in [0.3, 0.4) is 0 Å². The Balaban J connectivity index is 1.61. The second-order valence-electron chi connectivity index (χ2n) is 8.35. The Morgan fingerprint density at radius 3 is 2.72 bits per heavy atom. The largest absolute Gasteiger partial charge is 0.490 e. The van der Waals surface area contributed by atoms with Crippen molar-refractivity contribution in [3.63, 3.8) is 0 Å². The molecule has 0 saturated heterocycles. The number of hydrogen-bond acceptors (Lipinski definition) is 5. The summed E-state index contributed by atoms with van der Waals surface area (Å²) in [5, 5.41) is 24.5. The first kappa shape index (κ1) is 18.0. The molecule has 1 aliphatic heterocycles. The quantitative estimate of drug-likeness (QED) is 0.580. The average molecular weight is 394 g/mol. The summed E-state index contributed by atoms with van der Waals surface area (Å²) in [6.07, 6.45) is 3.47. The summed E-state index contributed by atoms with van der Waals surface area (Å²) in [5.41, 5.74) is 3.19. The minimum atomic E-state index is -0.916. The third-order valence-corrected chi connectivity index (χ3v) is 7.09. The number of aromatic carboxylic acids is 1. The average Bonchev–Trinajstić information content (AvgIpc) is 3.34. The minimum Gasteiger partial charge on any atom is -0.490 e. The lowest BCUT2D eigenvalue weighted by molar-refractivity contribution is -0.385. The first-order valence-corrected chi connectivity index (χ1v) is 9.94. The van der Waals surface area contributed by atoms with E-state index in [1.807, 2.05) is 18.2 Å². The summed E-state index contributed by atoms with van der Waals surface area (Å²) >= 11 is 0. The Hall–Kier alpha value is -3.09. The van der Waals surface area contributed by atoms with E-state index in [-0.39, 0.29) is 23.4 Å². The first-order valence-electron chi connectivity index (χ1n) is 9.94. The van der Waals surface area contributed by atoms with E-state index < -0.39 is 10.9 Å². The number of nitro benzene ring substituents is 1. The number of methoxy groups -OCH3 is 1. The molecule has 5 rings (SSSR count). The van der Waals surface area contributed by atoms with Gasteiger partial charge in [0.2, 0.25) is 0 Å². The second-order valence-corrected chi connectivity index (χ2v) is 8.35. The number of carboxylic acids is 1. The summed E-state index contributed by atoms with van der Waals surface area (Å²) < 4.78 is 5.16. The smallest absolute Gasteiger partial charge is 0.335 e. The molecular formula is C22H22N2O5. The summed E-state index contributed by atoms with van der Waals surface area (Å²) in [4.78, 5) is 22.6. The van der Waals surface area contributed by atoms with Gasteiger partial charge in [-0.2, -0.15) is 0 Å². The highest BCUT2D eigenvalue weighted by molar-refractivity contribution is 5.88. The van der Waals surface area contributed by atoms with Crippen molar-refractivity contribution in [3.05, 3.63) is 63.2 Å². The monoisotopic (exact) mass is 394 g/mol. The lowest BCUT2D eigenvalue weighted by Gasteiger charge is -2.43. The highest BCUT2D eigenvalue weighted by Gasteiger charge is 2.54. The van der Waals surface area contributed by atoms with E-state index >= 15 is 0 Å². The molecule has 2 N–H and O–H groups in total. The zero-order chi connectivity index (χ0) is 20.3. The van der Waals surface area contributed by atoms with Crippen LogP contribution in [0.1, 0.15) is 52.7 Å². The van der Waals surface area contributed by atoms with Gasteiger partial charge >= 0.3 is 11.7 Å². The van der Waals surface area contributed by atoms with E-state index in [2.05, 4.69) is 5.32 Å². The van der Waals surface area contributed by atoms with Crippen LogP contribution in [0.5, 0.6) is 5.75 Å². The fourth-order valence-electron chi connectivity index (χ4n) is 5.99. The van der Waals surface area contributed by atoms with Gasteiger partial charge in [-0.1, -0.05) is 6.07 Å². The lowest BCUT2D eigenvalue weighted by atomic mass is 9.68. The maximum absolute atomic E-state index is 11.5. The summed E-state index contributed by atoms with van der Waals surface area (Å²) in [6, 6.07) is 10.4. The fourth-order valence-corrected chi connectivity index (χ4v) is 5.99. The molecule has 29 heavy (non-hydrogen) atoms. The molecule has 3 aliphatic rings. The SMILES string of the molecule is COc1ccc([C@@H]2Nc3ccc(C(=O)O)cc3[C@@H]3[C@H]4CC[C@@H](C4)[C@@H]32)cc1[N+](=O)[O-]. The van der Waals surface area contributed by atoms with Gasteiger partial charge in [0, 0.05) is 11.8 Å². The van der Waals surface area contributed by atoms with E-state index in [1.54, 1.807) is 18.2 Å². The van der Waals surface area contributed by atoms with E-state index in [1.165, 1.54) is 7.11 Å². The number of nitrogens with zero attached hydrogens (tertiary/aromatic N) is 1. The molecule has 0 radical (unpaired) electrons. The molecule has 0 unspecified atom stereocenters. The summed E-state index contributed by atoms with van der Waals surface area (Å²) in [6.45, 7) is 0. The van der Waals surface area contributed by atoms with Crippen LogP contribution in [0.15, 0.2) is 36.4 Å². The minimum absolute atomic E-state index is 0.0291. The molecule has 7 nitrogen and oxygen atoms in total. The summed E-state index contributed by atoms with van der Waals surface area (Å²) in [5.74, 6) is 1.02. The molecule has 2 bridgehead atoms. The van der Waals surface area contributed by atoms with Crippen molar-refractivity contribution in [2.75, 3.05) is 12.4 Å². The Bertz CT molecular complexity index is 1020. The van der Waals surface area contributed by atoms with Crippen LogP contribution in [0.4, 0.5) is 11.4 Å². The predicted octanol–water partition coefficient (Wildman–Crippen LogP) is 4.60. The van der Waals surface area contributed by atoms with Gasteiger partial charge < -0.3 is 15.2 Å². The Labute approximate surface area is 167 Å². The van der Waals surface area contributed by atoms with Crippen molar-refractivity contribution in [2.45, 2.75) is 31.2 Å². The number of hydrogen-bond donors (Lipinski definition) is 2. The maximum atomic E-state index is 11.5. The molecule has 150 valence electrons. The Morgan fingerprint density at radius 1 is 1.21 bits per heavy atom. The van der Waals surface area contributed by atoms with Crippen molar-refractivity contribution in [1.82, 2.24) is 0 Å². The molecule has 1 heterocycles. The fraction of sp³-hybridized carbons (Fsp3) is 0.409. The number of anilines is 1. The maximum Gasteiger partial charge on any atom is 0.335 e. The van der Waals surface area contributed by atoms with Gasteiger partial charge in [-0.3, -0.25) is 10.1 Å². The van der Waals surface area contributed by atoms with Crippen molar-refractivity contribution in [2.24, 2.45) is 17.8 Å². The number of nitro groups is 1. The topological polar surface area (TPSA) is 102 Å². The molecule has 2 saturated carbocycles. The molecule has 2 aromatic rings. The van der Waals surface area contributed by atoms with Crippen molar-refractivity contribution >= 4 is 17.3 Å². The molecule has 0 aromatic heterocycles. The van der Waals surface area contributed by atoms with E-state index in [0.717, 1.165) is 36.1 Å². The van der Waals surface area contributed by atoms with Crippen molar-refractivity contribution in [1.29, 1.82) is 0 Å². The number of carboxylic acid groups (broad SMARTS) is 1. The zero-order valence-corrected chi connectivity index (χ0v) is 16.0.